The number of nitrogens with zero attached hydrogens (tertiary/aromatic N) is 5. The highest BCUT2D eigenvalue weighted by Gasteiger charge is 2.30. The van der Waals surface area contributed by atoms with Gasteiger partial charge in [0.05, 0.1) is 18.5 Å². The summed E-state index contributed by atoms with van der Waals surface area (Å²) in [6.45, 7) is 8.63. The van der Waals surface area contributed by atoms with Crippen molar-refractivity contribution in [1.82, 2.24) is 14.8 Å². The Morgan fingerprint density at radius 2 is 2.00 bits per heavy atom. The van der Waals surface area contributed by atoms with Crippen LogP contribution in [0.5, 0.6) is 0 Å². The molecular weight excluding hydrogens is 362 g/mol. The number of fused-ring (bicyclic) bond motifs is 1. The summed E-state index contributed by atoms with van der Waals surface area (Å²) < 4.78 is 7.52. The van der Waals surface area contributed by atoms with E-state index in [0.717, 1.165) is 49.4 Å². The van der Waals surface area contributed by atoms with Gasteiger partial charge < -0.3 is 14.5 Å². The highest BCUT2D eigenvalue weighted by molar-refractivity contribution is 8.00. The van der Waals surface area contributed by atoms with Crippen LogP contribution >= 0.6 is 11.8 Å². The predicted octanol–water partition coefficient (Wildman–Crippen LogP) is 2.20. The first kappa shape index (κ1) is 18.3. The van der Waals surface area contributed by atoms with E-state index in [4.69, 9.17) is 4.74 Å². The molecule has 2 aliphatic heterocycles. The molecule has 27 heavy (non-hydrogen) atoms. The van der Waals surface area contributed by atoms with Gasteiger partial charge in [0.2, 0.25) is 11.9 Å². The summed E-state index contributed by atoms with van der Waals surface area (Å²) >= 11 is 1.49. The van der Waals surface area contributed by atoms with Crippen molar-refractivity contribution in [1.29, 1.82) is 0 Å². The van der Waals surface area contributed by atoms with Gasteiger partial charge in [-0.1, -0.05) is 30.0 Å². The normalized spacial score (nSPS) is 17.9. The minimum Gasteiger partial charge on any atom is -0.378 e. The molecule has 2 aromatic rings. The Morgan fingerprint density at radius 3 is 2.78 bits per heavy atom. The molecule has 1 aromatic heterocycles. The van der Waals surface area contributed by atoms with Crippen molar-refractivity contribution in [2.45, 2.75) is 37.2 Å². The number of benzene rings is 1. The predicted molar refractivity (Wildman–Crippen MR) is 107 cm³/mol. The van der Waals surface area contributed by atoms with Crippen LogP contribution in [-0.4, -0.2) is 58.8 Å². The summed E-state index contributed by atoms with van der Waals surface area (Å²) in [6.07, 6.45) is 0.922. The van der Waals surface area contributed by atoms with Gasteiger partial charge in [-0.05, 0) is 31.9 Å². The van der Waals surface area contributed by atoms with Crippen molar-refractivity contribution in [3.8, 4) is 0 Å². The van der Waals surface area contributed by atoms with E-state index in [1.165, 1.54) is 17.3 Å². The van der Waals surface area contributed by atoms with Gasteiger partial charge in [0.15, 0.2) is 5.16 Å². The third-order valence-electron chi connectivity index (χ3n) is 5.09. The van der Waals surface area contributed by atoms with Crippen LogP contribution in [-0.2, 0) is 22.5 Å². The van der Waals surface area contributed by atoms with Crippen molar-refractivity contribution in [2.24, 2.45) is 0 Å². The number of rotatable bonds is 5. The summed E-state index contributed by atoms with van der Waals surface area (Å²) in [7, 11) is 0. The Balaban J connectivity index is 1.49. The number of anilines is 2. The number of para-hydroxylation sites is 1. The number of morpholine rings is 1. The smallest absolute Gasteiger partial charge is 0.240 e. The van der Waals surface area contributed by atoms with Gasteiger partial charge in [-0.25, -0.2) is 0 Å². The quantitative estimate of drug-likeness (QED) is 0.733. The highest BCUT2D eigenvalue weighted by atomic mass is 32.2. The molecule has 8 heteroatoms. The van der Waals surface area contributed by atoms with Gasteiger partial charge in [0.25, 0.3) is 0 Å². The second kappa shape index (κ2) is 7.90. The molecule has 0 saturated carbocycles. The number of amides is 1. The first-order chi connectivity index (χ1) is 13.2. The van der Waals surface area contributed by atoms with E-state index >= 15 is 0 Å². The van der Waals surface area contributed by atoms with Gasteiger partial charge in [-0.15, -0.1) is 10.2 Å². The topological polar surface area (TPSA) is 63.5 Å². The maximum atomic E-state index is 13.0. The van der Waals surface area contributed by atoms with Gasteiger partial charge >= 0.3 is 0 Å². The van der Waals surface area contributed by atoms with Crippen molar-refractivity contribution in [3.63, 3.8) is 0 Å². The second-order valence-corrected chi connectivity index (χ2v) is 8.06. The molecule has 0 spiro atoms. The zero-order chi connectivity index (χ0) is 18.8. The number of hydrogen-bond acceptors (Lipinski definition) is 6. The van der Waals surface area contributed by atoms with Crippen LogP contribution in [0.1, 0.15) is 19.4 Å². The van der Waals surface area contributed by atoms with E-state index in [2.05, 4.69) is 32.7 Å². The first-order valence-corrected chi connectivity index (χ1v) is 10.4. The minimum absolute atomic E-state index is 0.128. The third kappa shape index (κ3) is 3.55. The monoisotopic (exact) mass is 387 g/mol. The van der Waals surface area contributed by atoms with E-state index in [1.807, 2.05) is 30.0 Å². The van der Waals surface area contributed by atoms with Gasteiger partial charge in [-0.2, -0.15) is 0 Å². The fraction of sp³-hybridized carbons (Fsp3) is 0.526. The number of carbonyl (C=O) groups is 1. The molecule has 144 valence electrons. The molecule has 1 aromatic carbocycles. The molecule has 4 rings (SSSR count). The first-order valence-electron chi connectivity index (χ1n) is 9.51. The average molecular weight is 388 g/mol. The molecule has 2 aliphatic rings. The van der Waals surface area contributed by atoms with Crippen molar-refractivity contribution in [2.75, 3.05) is 42.6 Å². The largest absolute Gasteiger partial charge is 0.378 e. The Labute approximate surface area is 163 Å². The average Bonchev–Trinajstić information content (AvgIpc) is 3.32. The number of thioether (sulfide) groups is 1. The van der Waals surface area contributed by atoms with Crippen LogP contribution in [0.2, 0.25) is 0 Å². The van der Waals surface area contributed by atoms with Gasteiger partial charge in [0, 0.05) is 31.9 Å². The number of aromatic nitrogens is 3. The molecule has 1 atom stereocenters. The van der Waals surface area contributed by atoms with Crippen LogP contribution < -0.4 is 9.80 Å². The maximum absolute atomic E-state index is 13.0. The van der Waals surface area contributed by atoms with Crippen LogP contribution in [0.4, 0.5) is 11.6 Å². The lowest BCUT2D eigenvalue weighted by Crippen LogP contribution is -2.38. The number of ether oxygens (including phenoxy) is 1. The maximum Gasteiger partial charge on any atom is 0.240 e. The van der Waals surface area contributed by atoms with E-state index < -0.39 is 0 Å². The summed E-state index contributed by atoms with van der Waals surface area (Å²) in [4.78, 5) is 17.1. The standard InChI is InChI=1S/C19H25N5O2S/c1-3-23-18(22-10-12-26-13-11-22)20-21-19(23)27-14(2)17(25)24-9-8-15-6-4-5-7-16(15)24/h4-7,14H,3,8-13H2,1-2H3/t14-/m1/s1. The Kier molecular flexibility index (Phi) is 5.36. The molecule has 0 bridgehead atoms. The molecule has 7 nitrogen and oxygen atoms in total. The Hall–Kier alpha value is -2.06. The number of hydrogen-bond donors (Lipinski definition) is 0. The van der Waals surface area contributed by atoms with E-state index in [0.29, 0.717) is 13.2 Å². The lowest BCUT2D eigenvalue weighted by Gasteiger charge is -2.27. The van der Waals surface area contributed by atoms with Crippen LogP contribution in [0.3, 0.4) is 0 Å². The zero-order valence-electron chi connectivity index (χ0n) is 15.8. The molecule has 0 N–H and O–H groups in total. The van der Waals surface area contributed by atoms with Gasteiger partial charge in [-0.3, -0.25) is 9.36 Å². The van der Waals surface area contributed by atoms with E-state index in [1.54, 1.807) is 0 Å². The molecule has 1 saturated heterocycles. The molecule has 3 heterocycles. The highest BCUT2D eigenvalue weighted by Crippen LogP contribution is 2.32. The SMILES string of the molecule is CCn1c(S[C@H](C)C(=O)N2CCc3ccccc32)nnc1N1CCOCC1. The Bertz CT molecular complexity index is 818. The van der Waals surface area contributed by atoms with Crippen LogP contribution in [0.25, 0.3) is 0 Å². The summed E-state index contributed by atoms with van der Waals surface area (Å²) in [6, 6.07) is 8.15. The lowest BCUT2D eigenvalue weighted by molar-refractivity contribution is -0.117. The molecule has 1 amide bonds. The van der Waals surface area contributed by atoms with Crippen LogP contribution in [0.15, 0.2) is 29.4 Å². The molecule has 0 radical (unpaired) electrons. The third-order valence-corrected chi connectivity index (χ3v) is 6.16. The van der Waals surface area contributed by atoms with Gasteiger partial charge in [0.1, 0.15) is 0 Å². The zero-order valence-corrected chi connectivity index (χ0v) is 16.6. The molecule has 0 unspecified atom stereocenters. The molecule has 1 fully saturated rings. The summed E-state index contributed by atoms with van der Waals surface area (Å²) in [5.74, 6) is 0.998. The van der Waals surface area contributed by atoms with Crippen molar-refractivity contribution < 1.29 is 9.53 Å². The summed E-state index contributed by atoms with van der Waals surface area (Å²) in [5, 5.41) is 9.35. The molecular formula is C19H25N5O2S. The minimum atomic E-state index is -0.219. The Morgan fingerprint density at radius 1 is 1.22 bits per heavy atom. The van der Waals surface area contributed by atoms with Crippen molar-refractivity contribution >= 4 is 29.3 Å². The summed E-state index contributed by atoms with van der Waals surface area (Å²) in [5.41, 5.74) is 2.29. The van der Waals surface area contributed by atoms with Crippen LogP contribution in [0, 0.1) is 0 Å². The fourth-order valence-corrected chi connectivity index (χ4v) is 4.61. The van der Waals surface area contributed by atoms with E-state index in [9.17, 15) is 4.79 Å². The fourth-order valence-electron chi connectivity index (χ4n) is 3.64. The van der Waals surface area contributed by atoms with Crippen molar-refractivity contribution in [3.05, 3.63) is 29.8 Å². The number of carbonyl (C=O) groups excluding carboxylic acids is 1. The second-order valence-electron chi connectivity index (χ2n) is 6.75. The van der Waals surface area contributed by atoms with E-state index in [-0.39, 0.29) is 11.2 Å². The molecule has 0 aliphatic carbocycles. The lowest BCUT2D eigenvalue weighted by atomic mass is 10.2.